The summed E-state index contributed by atoms with van der Waals surface area (Å²) in [5, 5.41) is 15.3. The third kappa shape index (κ3) is 2.73. The quantitative estimate of drug-likeness (QED) is 0.776. The zero-order valence-electron chi connectivity index (χ0n) is 14.4. The molecule has 1 aliphatic heterocycles. The molecule has 1 N–H and O–H groups in total. The molecule has 134 valence electrons. The lowest BCUT2D eigenvalue weighted by Gasteiger charge is -2.31. The molecule has 1 aliphatic rings. The number of hydrogen-bond donors (Lipinski definition) is 1. The highest BCUT2D eigenvalue weighted by Gasteiger charge is 2.33. The Hall–Kier alpha value is -3.16. The minimum absolute atomic E-state index is 0.0602. The van der Waals surface area contributed by atoms with Gasteiger partial charge in [0.25, 0.3) is 0 Å². The summed E-state index contributed by atoms with van der Waals surface area (Å²) in [5.74, 6) is 1.60. The molecule has 0 radical (unpaired) electrons. The van der Waals surface area contributed by atoms with E-state index in [0.717, 1.165) is 11.1 Å². The van der Waals surface area contributed by atoms with Crippen molar-refractivity contribution in [2.24, 2.45) is 0 Å². The van der Waals surface area contributed by atoms with Gasteiger partial charge in [-0.15, -0.1) is 0 Å². The summed E-state index contributed by atoms with van der Waals surface area (Å²) in [7, 11) is 3.22. The molecule has 0 fully saturated rings. The van der Waals surface area contributed by atoms with Crippen LogP contribution < -0.4 is 14.8 Å². The third-order valence-corrected chi connectivity index (χ3v) is 4.62. The standard InChI is InChI=1S/C18H18FN5O2/c1-25-16-5-3-4-13(17(16)26-2)15-10-14(11-6-8-12(19)9-7-11)20-18-21-22-23-24(15)18/h3-9,14-15H,10H2,1-2H3,(H,20,21,23)/t14-,15+/m1/s1. The first-order valence-electron chi connectivity index (χ1n) is 8.22. The summed E-state index contributed by atoms with van der Waals surface area (Å²) in [5.41, 5.74) is 1.89. The number of anilines is 1. The van der Waals surface area contributed by atoms with Gasteiger partial charge >= 0.3 is 0 Å². The maximum atomic E-state index is 13.3. The average molecular weight is 355 g/mol. The lowest BCUT2D eigenvalue weighted by Crippen LogP contribution is -2.28. The van der Waals surface area contributed by atoms with Crippen molar-refractivity contribution in [1.82, 2.24) is 20.2 Å². The molecule has 8 heteroatoms. The van der Waals surface area contributed by atoms with Crippen LogP contribution in [0, 0.1) is 5.82 Å². The van der Waals surface area contributed by atoms with Crippen molar-refractivity contribution in [1.29, 1.82) is 0 Å². The second-order valence-electron chi connectivity index (χ2n) is 6.03. The predicted octanol–water partition coefficient (Wildman–Crippen LogP) is 2.98. The van der Waals surface area contributed by atoms with Crippen molar-refractivity contribution >= 4 is 5.95 Å². The number of nitrogens with zero attached hydrogens (tertiary/aromatic N) is 4. The molecule has 7 nitrogen and oxygen atoms in total. The van der Waals surface area contributed by atoms with Crippen LogP contribution in [0.15, 0.2) is 42.5 Å². The number of rotatable bonds is 4. The second-order valence-corrected chi connectivity index (χ2v) is 6.03. The van der Waals surface area contributed by atoms with Crippen LogP contribution in [0.3, 0.4) is 0 Å². The topological polar surface area (TPSA) is 74.1 Å². The van der Waals surface area contributed by atoms with Crippen LogP contribution in [-0.4, -0.2) is 34.4 Å². The van der Waals surface area contributed by atoms with E-state index in [9.17, 15) is 4.39 Å². The van der Waals surface area contributed by atoms with Crippen molar-refractivity contribution in [2.75, 3.05) is 19.5 Å². The fourth-order valence-corrected chi connectivity index (χ4v) is 3.38. The van der Waals surface area contributed by atoms with Crippen molar-refractivity contribution in [3.05, 3.63) is 59.4 Å². The Bertz CT molecular complexity index is 912. The van der Waals surface area contributed by atoms with Crippen molar-refractivity contribution < 1.29 is 13.9 Å². The smallest absolute Gasteiger partial charge is 0.243 e. The summed E-state index contributed by atoms with van der Waals surface area (Å²) < 4.78 is 26.0. The van der Waals surface area contributed by atoms with E-state index in [2.05, 4.69) is 20.8 Å². The summed E-state index contributed by atoms with van der Waals surface area (Å²) in [6, 6.07) is 12.0. The molecule has 1 aromatic heterocycles. The Morgan fingerprint density at radius 1 is 1.12 bits per heavy atom. The summed E-state index contributed by atoms with van der Waals surface area (Å²) in [4.78, 5) is 0. The minimum atomic E-state index is -0.264. The SMILES string of the molecule is COc1cccc([C@@H]2C[C@H](c3ccc(F)cc3)Nc3nnnn32)c1OC. The Balaban J connectivity index is 1.78. The van der Waals surface area contributed by atoms with Gasteiger partial charge in [0.1, 0.15) is 5.82 Å². The lowest BCUT2D eigenvalue weighted by molar-refractivity contribution is 0.339. The number of benzene rings is 2. The van der Waals surface area contributed by atoms with Crippen LogP contribution in [-0.2, 0) is 0 Å². The van der Waals surface area contributed by atoms with Gasteiger partial charge in [0.2, 0.25) is 5.95 Å². The molecule has 2 atom stereocenters. The van der Waals surface area contributed by atoms with Gasteiger partial charge in [-0.05, 0) is 40.6 Å². The predicted molar refractivity (Wildman–Crippen MR) is 92.9 cm³/mol. The van der Waals surface area contributed by atoms with E-state index in [1.807, 2.05) is 18.2 Å². The normalized spacial score (nSPS) is 18.7. The van der Waals surface area contributed by atoms with E-state index in [1.54, 1.807) is 31.0 Å². The highest BCUT2D eigenvalue weighted by Crippen LogP contribution is 2.43. The van der Waals surface area contributed by atoms with Gasteiger partial charge in [-0.2, -0.15) is 0 Å². The number of nitrogens with one attached hydrogen (secondary N) is 1. The van der Waals surface area contributed by atoms with Crippen LogP contribution in [0.4, 0.5) is 10.3 Å². The van der Waals surface area contributed by atoms with E-state index in [1.165, 1.54) is 12.1 Å². The van der Waals surface area contributed by atoms with Crippen LogP contribution in [0.2, 0.25) is 0 Å². The molecule has 3 aromatic rings. The van der Waals surface area contributed by atoms with Crippen LogP contribution in [0.5, 0.6) is 11.5 Å². The molecular weight excluding hydrogens is 337 g/mol. The molecule has 0 spiro atoms. The van der Waals surface area contributed by atoms with Crippen molar-refractivity contribution in [3.63, 3.8) is 0 Å². The first-order chi connectivity index (χ1) is 12.7. The molecular formula is C18H18FN5O2. The molecule has 0 saturated carbocycles. The van der Waals surface area contributed by atoms with E-state index in [0.29, 0.717) is 23.9 Å². The zero-order chi connectivity index (χ0) is 18.1. The molecule has 2 heterocycles. The number of hydrogen-bond acceptors (Lipinski definition) is 6. The number of halogens is 1. The largest absolute Gasteiger partial charge is 0.493 e. The van der Waals surface area contributed by atoms with Crippen LogP contribution in [0.1, 0.15) is 29.6 Å². The molecule has 0 unspecified atom stereocenters. The van der Waals surface area contributed by atoms with Gasteiger partial charge in [0, 0.05) is 5.56 Å². The minimum Gasteiger partial charge on any atom is -0.493 e. The number of fused-ring (bicyclic) bond motifs is 1. The summed E-state index contributed by atoms with van der Waals surface area (Å²) in [6.07, 6.45) is 0.674. The first kappa shape index (κ1) is 16.3. The summed E-state index contributed by atoms with van der Waals surface area (Å²) >= 11 is 0. The fourth-order valence-electron chi connectivity index (χ4n) is 3.38. The highest BCUT2D eigenvalue weighted by atomic mass is 19.1. The second kappa shape index (κ2) is 6.62. The Morgan fingerprint density at radius 3 is 2.65 bits per heavy atom. The number of ether oxygens (including phenoxy) is 2. The maximum absolute atomic E-state index is 13.3. The van der Waals surface area contributed by atoms with E-state index < -0.39 is 0 Å². The first-order valence-corrected chi connectivity index (χ1v) is 8.22. The average Bonchev–Trinajstić information content (AvgIpc) is 3.15. The molecule has 0 saturated heterocycles. The maximum Gasteiger partial charge on any atom is 0.243 e. The molecule has 0 aliphatic carbocycles. The molecule has 4 rings (SSSR count). The number of tetrazole rings is 1. The van der Waals surface area contributed by atoms with E-state index >= 15 is 0 Å². The van der Waals surface area contributed by atoms with E-state index in [-0.39, 0.29) is 17.9 Å². The van der Waals surface area contributed by atoms with Crippen molar-refractivity contribution in [2.45, 2.75) is 18.5 Å². The molecule has 26 heavy (non-hydrogen) atoms. The third-order valence-electron chi connectivity index (χ3n) is 4.62. The molecule has 0 bridgehead atoms. The molecule has 2 aromatic carbocycles. The van der Waals surface area contributed by atoms with Crippen LogP contribution >= 0.6 is 0 Å². The highest BCUT2D eigenvalue weighted by molar-refractivity contribution is 5.50. The van der Waals surface area contributed by atoms with Gasteiger partial charge in [0.15, 0.2) is 11.5 Å². The Morgan fingerprint density at radius 2 is 1.92 bits per heavy atom. The van der Waals surface area contributed by atoms with Gasteiger partial charge < -0.3 is 14.8 Å². The van der Waals surface area contributed by atoms with Gasteiger partial charge in [-0.1, -0.05) is 29.4 Å². The number of aromatic nitrogens is 4. The number of methoxy groups -OCH3 is 2. The van der Waals surface area contributed by atoms with Gasteiger partial charge in [0.05, 0.1) is 26.3 Å². The lowest BCUT2D eigenvalue weighted by atomic mass is 9.92. The van der Waals surface area contributed by atoms with Crippen molar-refractivity contribution in [3.8, 4) is 11.5 Å². The zero-order valence-corrected chi connectivity index (χ0v) is 14.4. The molecule has 0 amide bonds. The summed E-state index contributed by atoms with van der Waals surface area (Å²) in [6.45, 7) is 0. The fraction of sp³-hybridized carbons (Fsp3) is 0.278. The Labute approximate surface area is 149 Å². The van der Waals surface area contributed by atoms with E-state index in [4.69, 9.17) is 9.47 Å². The monoisotopic (exact) mass is 355 g/mol. The number of para-hydroxylation sites is 1. The Kier molecular flexibility index (Phi) is 4.16. The van der Waals surface area contributed by atoms with Gasteiger partial charge in [-0.3, -0.25) is 0 Å². The van der Waals surface area contributed by atoms with Gasteiger partial charge in [-0.25, -0.2) is 9.07 Å². The van der Waals surface area contributed by atoms with Crippen LogP contribution in [0.25, 0.3) is 0 Å².